The van der Waals surface area contributed by atoms with E-state index < -0.39 is 0 Å². The summed E-state index contributed by atoms with van der Waals surface area (Å²) < 4.78 is 7.70. The molecule has 0 aliphatic carbocycles. The van der Waals surface area contributed by atoms with Gasteiger partial charge in [-0.2, -0.15) is 0 Å². The fraction of sp³-hybridized carbons (Fsp3) is 0.273. The normalized spacial score (nSPS) is 17.7. The number of fused-ring (bicyclic) bond motifs is 1. The summed E-state index contributed by atoms with van der Waals surface area (Å²) in [5.41, 5.74) is 4.07. The molecule has 1 unspecified atom stereocenters. The minimum absolute atomic E-state index is 0.292. The lowest BCUT2D eigenvalue weighted by molar-refractivity contribution is 0.220. The average Bonchev–Trinajstić information content (AvgIpc) is 3.04. The summed E-state index contributed by atoms with van der Waals surface area (Å²) >= 11 is 0. The van der Waals surface area contributed by atoms with Gasteiger partial charge < -0.3 is 9.30 Å². The highest BCUT2D eigenvalue weighted by atomic mass is 16.5. The maximum atomic E-state index is 5.29. The van der Waals surface area contributed by atoms with Crippen LogP contribution >= 0.6 is 0 Å². The first-order chi connectivity index (χ1) is 12.3. The molecule has 1 aliphatic rings. The van der Waals surface area contributed by atoms with Crippen LogP contribution < -0.4 is 4.74 Å². The third-order valence-corrected chi connectivity index (χ3v) is 5.01. The number of methoxy groups -OCH3 is 1. The van der Waals surface area contributed by atoms with Gasteiger partial charge in [0.25, 0.3) is 0 Å². The molecule has 0 amide bonds. The molecule has 0 fully saturated rings. The average molecular weight is 332 g/mol. The van der Waals surface area contributed by atoms with Gasteiger partial charge in [-0.1, -0.05) is 42.5 Å². The van der Waals surface area contributed by atoms with Crippen molar-refractivity contribution in [2.75, 3.05) is 13.7 Å². The molecule has 1 atom stereocenters. The lowest BCUT2D eigenvalue weighted by atomic mass is 10.0. The summed E-state index contributed by atoms with van der Waals surface area (Å²) in [4.78, 5) is 2.59. The molecule has 0 N–H and O–H groups in total. The Bertz CT molecular complexity index is 808. The Labute approximate surface area is 149 Å². The number of aromatic nitrogens is 1. The second-order valence-electron chi connectivity index (χ2n) is 6.61. The zero-order chi connectivity index (χ0) is 17.1. The maximum Gasteiger partial charge on any atom is 0.118 e. The van der Waals surface area contributed by atoms with E-state index in [0.29, 0.717) is 6.04 Å². The van der Waals surface area contributed by atoms with Crippen LogP contribution in [0.1, 0.15) is 29.3 Å². The first kappa shape index (κ1) is 16.0. The van der Waals surface area contributed by atoms with Gasteiger partial charge in [-0.15, -0.1) is 0 Å². The van der Waals surface area contributed by atoms with E-state index >= 15 is 0 Å². The fourth-order valence-electron chi connectivity index (χ4n) is 3.79. The van der Waals surface area contributed by atoms with E-state index in [0.717, 1.165) is 25.4 Å². The van der Waals surface area contributed by atoms with Gasteiger partial charge in [0.15, 0.2) is 0 Å². The SMILES string of the molecule is COc1ccc(CN2CCCn3cccc3C2c2ccccc2)cc1. The lowest BCUT2D eigenvalue weighted by Gasteiger charge is -2.30. The van der Waals surface area contributed by atoms with E-state index in [1.165, 1.54) is 23.2 Å². The lowest BCUT2D eigenvalue weighted by Crippen LogP contribution is -2.29. The van der Waals surface area contributed by atoms with E-state index in [2.05, 4.69) is 70.3 Å². The second-order valence-corrected chi connectivity index (χ2v) is 6.61. The molecular formula is C22H24N2O. The predicted octanol–water partition coefficient (Wildman–Crippen LogP) is 4.49. The largest absolute Gasteiger partial charge is 0.497 e. The third-order valence-electron chi connectivity index (χ3n) is 5.01. The van der Waals surface area contributed by atoms with Gasteiger partial charge in [0.2, 0.25) is 0 Å². The molecule has 3 nitrogen and oxygen atoms in total. The summed E-state index contributed by atoms with van der Waals surface area (Å²) in [6, 6.07) is 24.0. The first-order valence-electron chi connectivity index (χ1n) is 8.92. The highest BCUT2D eigenvalue weighted by Gasteiger charge is 2.27. The van der Waals surface area contributed by atoms with Gasteiger partial charge in [0, 0.05) is 31.5 Å². The Morgan fingerprint density at radius 1 is 0.920 bits per heavy atom. The monoisotopic (exact) mass is 332 g/mol. The molecule has 3 aromatic rings. The number of benzene rings is 2. The molecule has 25 heavy (non-hydrogen) atoms. The maximum absolute atomic E-state index is 5.29. The number of nitrogens with zero attached hydrogens (tertiary/aromatic N) is 2. The topological polar surface area (TPSA) is 17.4 Å². The van der Waals surface area contributed by atoms with Crippen LogP contribution in [0.2, 0.25) is 0 Å². The third kappa shape index (κ3) is 3.33. The van der Waals surface area contributed by atoms with Crippen LogP contribution in [0.15, 0.2) is 72.9 Å². The highest BCUT2D eigenvalue weighted by Crippen LogP contribution is 2.33. The molecule has 2 heterocycles. The molecule has 1 aliphatic heterocycles. The van der Waals surface area contributed by atoms with Gasteiger partial charge in [0.05, 0.1) is 13.2 Å². The van der Waals surface area contributed by atoms with Crippen LogP contribution in [0.4, 0.5) is 0 Å². The smallest absolute Gasteiger partial charge is 0.118 e. The van der Waals surface area contributed by atoms with Gasteiger partial charge in [-0.05, 0) is 41.8 Å². The highest BCUT2D eigenvalue weighted by molar-refractivity contribution is 5.31. The van der Waals surface area contributed by atoms with Crippen LogP contribution in [-0.4, -0.2) is 23.1 Å². The van der Waals surface area contributed by atoms with Crippen LogP contribution in [0.5, 0.6) is 5.75 Å². The van der Waals surface area contributed by atoms with Crippen molar-refractivity contribution in [1.29, 1.82) is 0 Å². The molecule has 2 aromatic carbocycles. The van der Waals surface area contributed by atoms with E-state index in [1.54, 1.807) is 7.11 Å². The van der Waals surface area contributed by atoms with Crippen molar-refractivity contribution >= 4 is 0 Å². The van der Waals surface area contributed by atoms with Crippen LogP contribution in [-0.2, 0) is 13.1 Å². The van der Waals surface area contributed by atoms with E-state index in [9.17, 15) is 0 Å². The van der Waals surface area contributed by atoms with Crippen molar-refractivity contribution in [1.82, 2.24) is 9.47 Å². The minimum atomic E-state index is 0.292. The van der Waals surface area contributed by atoms with Gasteiger partial charge >= 0.3 is 0 Å². The van der Waals surface area contributed by atoms with Crippen molar-refractivity contribution in [3.8, 4) is 5.75 Å². The van der Waals surface area contributed by atoms with Gasteiger partial charge in [-0.25, -0.2) is 0 Å². The van der Waals surface area contributed by atoms with Gasteiger partial charge in [0.1, 0.15) is 5.75 Å². The van der Waals surface area contributed by atoms with Crippen LogP contribution in [0.3, 0.4) is 0 Å². The fourth-order valence-corrected chi connectivity index (χ4v) is 3.79. The van der Waals surface area contributed by atoms with Crippen molar-refractivity contribution in [3.63, 3.8) is 0 Å². The quantitative estimate of drug-likeness (QED) is 0.700. The first-order valence-corrected chi connectivity index (χ1v) is 8.92. The Morgan fingerprint density at radius 3 is 2.48 bits per heavy atom. The summed E-state index contributed by atoms with van der Waals surface area (Å²) in [7, 11) is 1.71. The van der Waals surface area contributed by atoms with E-state index in [-0.39, 0.29) is 0 Å². The predicted molar refractivity (Wildman–Crippen MR) is 101 cm³/mol. The number of hydrogen-bond donors (Lipinski definition) is 0. The molecule has 3 heteroatoms. The summed E-state index contributed by atoms with van der Waals surface area (Å²) in [5, 5.41) is 0. The van der Waals surface area contributed by atoms with Crippen LogP contribution in [0, 0.1) is 0 Å². The Morgan fingerprint density at radius 2 is 1.72 bits per heavy atom. The molecule has 0 spiro atoms. The molecule has 0 saturated carbocycles. The molecule has 0 radical (unpaired) electrons. The number of aryl methyl sites for hydroxylation is 1. The van der Waals surface area contributed by atoms with Crippen molar-refractivity contribution in [2.24, 2.45) is 0 Å². The number of rotatable bonds is 4. The standard InChI is InChI=1S/C22H24N2O/c1-25-20-12-10-18(11-13-20)17-24-16-6-15-23-14-5-9-21(23)22(24)19-7-3-2-4-8-19/h2-5,7-14,22H,6,15-17H2,1H3. The van der Waals surface area contributed by atoms with Gasteiger partial charge in [-0.3, -0.25) is 4.90 Å². The van der Waals surface area contributed by atoms with Crippen molar-refractivity contribution in [3.05, 3.63) is 89.7 Å². The minimum Gasteiger partial charge on any atom is -0.497 e. The molecule has 128 valence electrons. The number of hydrogen-bond acceptors (Lipinski definition) is 2. The zero-order valence-electron chi connectivity index (χ0n) is 14.6. The summed E-state index contributed by atoms with van der Waals surface area (Å²) in [5.74, 6) is 0.910. The molecule has 0 saturated heterocycles. The Hall–Kier alpha value is -2.52. The zero-order valence-corrected chi connectivity index (χ0v) is 14.6. The molecule has 1 aromatic heterocycles. The van der Waals surface area contributed by atoms with Crippen LogP contribution in [0.25, 0.3) is 0 Å². The Kier molecular flexibility index (Phi) is 4.57. The summed E-state index contributed by atoms with van der Waals surface area (Å²) in [6.07, 6.45) is 3.38. The molecule has 0 bridgehead atoms. The number of ether oxygens (including phenoxy) is 1. The second kappa shape index (κ2) is 7.16. The van der Waals surface area contributed by atoms with Crippen molar-refractivity contribution < 1.29 is 4.74 Å². The summed E-state index contributed by atoms with van der Waals surface area (Å²) in [6.45, 7) is 3.12. The van der Waals surface area contributed by atoms with E-state index in [4.69, 9.17) is 4.74 Å². The Balaban J connectivity index is 1.68. The molecule has 4 rings (SSSR count). The van der Waals surface area contributed by atoms with E-state index in [1.807, 2.05) is 12.1 Å². The molecular weight excluding hydrogens is 308 g/mol. The van der Waals surface area contributed by atoms with Crippen molar-refractivity contribution in [2.45, 2.75) is 25.6 Å².